The van der Waals surface area contributed by atoms with E-state index in [-0.39, 0.29) is 10.6 Å². The second kappa shape index (κ2) is 7.02. The molecule has 5 nitrogen and oxygen atoms in total. The Morgan fingerprint density at radius 3 is 3.05 bits per heavy atom. The summed E-state index contributed by atoms with van der Waals surface area (Å²) in [5.41, 5.74) is 0.768. The Kier molecular flexibility index (Phi) is 5.34. The summed E-state index contributed by atoms with van der Waals surface area (Å²) in [6.45, 7) is 5.76. The monoisotopic (exact) mass is 297 g/mol. The number of hydrogen-bond donors (Lipinski definition) is 1. The van der Waals surface area contributed by atoms with Gasteiger partial charge in [0, 0.05) is 35.8 Å². The molecule has 0 bridgehead atoms. The highest BCUT2D eigenvalue weighted by Crippen LogP contribution is 2.23. The van der Waals surface area contributed by atoms with Crippen LogP contribution in [-0.2, 0) is 6.54 Å². The van der Waals surface area contributed by atoms with E-state index in [1.54, 1.807) is 12.1 Å². The topological polar surface area (TPSA) is 58.4 Å². The van der Waals surface area contributed by atoms with E-state index in [9.17, 15) is 10.1 Å². The maximum absolute atomic E-state index is 11.0. The van der Waals surface area contributed by atoms with E-state index in [0.29, 0.717) is 23.2 Å². The van der Waals surface area contributed by atoms with Crippen LogP contribution >= 0.6 is 11.6 Å². The Hall–Kier alpha value is -1.17. The van der Waals surface area contributed by atoms with Gasteiger partial charge in [-0.3, -0.25) is 15.0 Å². The third-order valence-electron chi connectivity index (χ3n) is 3.84. The van der Waals surface area contributed by atoms with Crippen LogP contribution in [0.1, 0.15) is 25.3 Å². The van der Waals surface area contributed by atoms with Crippen molar-refractivity contribution >= 4 is 17.3 Å². The van der Waals surface area contributed by atoms with Gasteiger partial charge in [-0.25, -0.2) is 0 Å². The van der Waals surface area contributed by atoms with Gasteiger partial charge in [0.15, 0.2) is 0 Å². The highest BCUT2D eigenvalue weighted by atomic mass is 35.5. The molecule has 0 aromatic heterocycles. The van der Waals surface area contributed by atoms with Gasteiger partial charge in [-0.05, 0) is 38.1 Å². The van der Waals surface area contributed by atoms with Crippen molar-refractivity contribution in [3.63, 3.8) is 0 Å². The maximum Gasteiger partial charge on any atom is 0.275 e. The first-order chi connectivity index (χ1) is 9.61. The highest BCUT2D eigenvalue weighted by Gasteiger charge is 2.22. The summed E-state index contributed by atoms with van der Waals surface area (Å²) >= 11 is 5.80. The number of nitrogens with zero attached hydrogens (tertiary/aromatic N) is 2. The number of halogens is 1. The van der Waals surface area contributed by atoms with Crippen molar-refractivity contribution in [2.75, 3.05) is 19.6 Å². The van der Waals surface area contributed by atoms with Crippen LogP contribution in [0.25, 0.3) is 0 Å². The maximum atomic E-state index is 11.0. The largest absolute Gasteiger partial charge is 0.311 e. The molecule has 1 saturated heterocycles. The summed E-state index contributed by atoms with van der Waals surface area (Å²) < 4.78 is 0. The van der Waals surface area contributed by atoms with Crippen molar-refractivity contribution in [3.05, 3.63) is 38.9 Å². The first-order valence-corrected chi connectivity index (χ1v) is 7.37. The van der Waals surface area contributed by atoms with Crippen molar-refractivity contribution in [3.8, 4) is 0 Å². The molecule has 0 saturated carbocycles. The fourth-order valence-electron chi connectivity index (χ4n) is 2.77. The molecule has 2 rings (SSSR count). The SMILES string of the molecule is CCN1CCCC1CNCc1ccc(Cl)cc1[N+](=O)[O-]. The standard InChI is InChI=1S/C14H20ClN3O2/c1-2-17-7-3-4-13(17)10-16-9-11-5-6-12(15)8-14(11)18(19)20/h5-6,8,13,16H,2-4,7,9-10H2,1H3. The van der Waals surface area contributed by atoms with Crippen LogP contribution in [0.4, 0.5) is 5.69 Å². The Morgan fingerprint density at radius 1 is 1.55 bits per heavy atom. The van der Waals surface area contributed by atoms with E-state index in [4.69, 9.17) is 11.6 Å². The fourth-order valence-corrected chi connectivity index (χ4v) is 2.94. The minimum absolute atomic E-state index is 0.0868. The van der Waals surface area contributed by atoms with Gasteiger partial charge in [0.2, 0.25) is 0 Å². The Bertz CT molecular complexity index is 481. The Labute approximate surface area is 124 Å². The third kappa shape index (κ3) is 3.69. The van der Waals surface area contributed by atoms with Crippen LogP contribution in [0, 0.1) is 10.1 Å². The molecule has 1 heterocycles. The van der Waals surface area contributed by atoms with E-state index in [1.807, 2.05) is 0 Å². The van der Waals surface area contributed by atoms with Crippen molar-refractivity contribution in [2.24, 2.45) is 0 Å². The summed E-state index contributed by atoms with van der Waals surface area (Å²) in [4.78, 5) is 13.1. The lowest BCUT2D eigenvalue weighted by Crippen LogP contribution is -2.37. The normalized spacial score (nSPS) is 19.4. The number of nitro benzene ring substituents is 1. The predicted octanol–water partition coefficient (Wildman–Crippen LogP) is 2.82. The number of nitro groups is 1. The minimum atomic E-state index is -0.378. The third-order valence-corrected chi connectivity index (χ3v) is 4.08. The van der Waals surface area contributed by atoms with Gasteiger partial charge < -0.3 is 5.32 Å². The molecule has 0 spiro atoms. The second-order valence-corrected chi connectivity index (χ2v) is 5.52. The molecule has 1 aliphatic rings. The zero-order valence-corrected chi connectivity index (χ0v) is 12.4. The van der Waals surface area contributed by atoms with Gasteiger partial charge in [-0.2, -0.15) is 0 Å². The molecular weight excluding hydrogens is 278 g/mol. The summed E-state index contributed by atoms with van der Waals surface area (Å²) in [7, 11) is 0. The van der Waals surface area contributed by atoms with Crippen molar-refractivity contribution in [1.29, 1.82) is 0 Å². The van der Waals surface area contributed by atoms with Gasteiger partial charge >= 0.3 is 0 Å². The van der Waals surface area contributed by atoms with Gasteiger partial charge in [-0.15, -0.1) is 0 Å². The lowest BCUT2D eigenvalue weighted by atomic mass is 10.1. The van der Waals surface area contributed by atoms with Crippen LogP contribution in [-0.4, -0.2) is 35.5 Å². The van der Waals surface area contributed by atoms with E-state index >= 15 is 0 Å². The number of likely N-dealkylation sites (tertiary alicyclic amines) is 1. The van der Waals surface area contributed by atoms with Crippen LogP contribution in [0.15, 0.2) is 18.2 Å². The average molecular weight is 298 g/mol. The first kappa shape index (κ1) is 15.2. The zero-order valence-electron chi connectivity index (χ0n) is 11.6. The highest BCUT2D eigenvalue weighted by molar-refractivity contribution is 6.30. The molecule has 0 amide bonds. The zero-order chi connectivity index (χ0) is 14.5. The molecule has 1 aliphatic heterocycles. The van der Waals surface area contributed by atoms with Crippen LogP contribution in [0.5, 0.6) is 0 Å². The van der Waals surface area contributed by atoms with Gasteiger partial charge in [-0.1, -0.05) is 18.5 Å². The molecule has 1 N–H and O–H groups in total. The number of rotatable bonds is 6. The summed E-state index contributed by atoms with van der Waals surface area (Å²) in [6, 6.07) is 5.37. The predicted molar refractivity (Wildman–Crippen MR) is 80.1 cm³/mol. The molecule has 0 radical (unpaired) electrons. The molecule has 1 aromatic rings. The van der Waals surface area contributed by atoms with Crippen molar-refractivity contribution in [2.45, 2.75) is 32.4 Å². The summed E-state index contributed by atoms with van der Waals surface area (Å²) in [5, 5.41) is 14.7. The molecule has 1 aromatic carbocycles. The molecule has 1 fully saturated rings. The molecule has 1 unspecified atom stereocenters. The number of nitrogens with one attached hydrogen (secondary N) is 1. The van der Waals surface area contributed by atoms with Gasteiger partial charge in [0.05, 0.1) is 4.92 Å². The fraction of sp³-hybridized carbons (Fsp3) is 0.571. The van der Waals surface area contributed by atoms with Gasteiger partial charge in [0.25, 0.3) is 5.69 Å². The Morgan fingerprint density at radius 2 is 2.35 bits per heavy atom. The van der Waals surface area contributed by atoms with Gasteiger partial charge in [0.1, 0.15) is 0 Å². The van der Waals surface area contributed by atoms with Crippen LogP contribution in [0.3, 0.4) is 0 Å². The summed E-state index contributed by atoms with van der Waals surface area (Å²) in [5.74, 6) is 0. The van der Waals surface area contributed by atoms with E-state index in [0.717, 1.165) is 19.6 Å². The lowest BCUT2D eigenvalue weighted by Gasteiger charge is -2.22. The number of benzene rings is 1. The smallest absolute Gasteiger partial charge is 0.275 e. The van der Waals surface area contributed by atoms with E-state index in [2.05, 4.69) is 17.1 Å². The quantitative estimate of drug-likeness (QED) is 0.648. The lowest BCUT2D eigenvalue weighted by molar-refractivity contribution is -0.385. The van der Waals surface area contributed by atoms with Crippen molar-refractivity contribution < 1.29 is 4.92 Å². The minimum Gasteiger partial charge on any atom is -0.311 e. The number of hydrogen-bond acceptors (Lipinski definition) is 4. The molecular formula is C14H20ClN3O2. The molecule has 1 atom stereocenters. The molecule has 110 valence electrons. The molecule has 20 heavy (non-hydrogen) atoms. The molecule has 6 heteroatoms. The number of likely N-dealkylation sites (N-methyl/N-ethyl adjacent to an activating group) is 1. The molecule has 0 aliphatic carbocycles. The summed E-state index contributed by atoms with van der Waals surface area (Å²) in [6.07, 6.45) is 2.44. The van der Waals surface area contributed by atoms with E-state index in [1.165, 1.54) is 18.9 Å². The van der Waals surface area contributed by atoms with Crippen LogP contribution in [0.2, 0.25) is 5.02 Å². The van der Waals surface area contributed by atoms with Crippen molar-refractivity contribution in [1.82, 2.24) is 10.2 Å². The first-order valence-electron chi connectivity index (χ1n) is 6.99. The van der Waals surface area contributed by atoms with E-state index < -0.39 is 0 Å². The Balaban J connectivity index is 1.92. The van der Waals surface area contributed by atoms with Crippen LogP contribution < -0.4 is 5.32 Å². The second-order valence-electron chi connectivity index (χ2n) is 5.09. The average Bonchev–Trinajstić information content (AvgIpc) is 2.87.